The minimum atomic E-state index is -5.16. The Kier molecular flexibility index (Phi) is 3.05. The van der Waals surface area contributed by atoms with Gasteiger partial charge in [0.1, 0.15) is 5.92 Å². The standard InChI is InChI=1S/C8H9O7P/c9-6(10)5-3-1-2-4-8(5,7(11)12)16(13,14)15/h1-5H,(H,9,10)(H,11,12)(H2,13,14,15). The van der Waals surface area contributed by atoms with E-state index in [1.807, 2.05) is 0 Å². The molecule has 2 atom stereocenters. The number of carboxylic acid groups (broad SMARTS) is 2. The van der Waals surface area contributed by atoms with E-state index in [2.05, 4.69) is 0 Å². The average Bonchev–Trinajstić information content (AvgIpc) is 2.15. The van der Waals surface area contributed by atoms with Crippen molar-refractivity contribution >= 4 is 19.5 Å². The lowest BCUT2D eigenvalue weighted by Crippen LogP contribution is -2.47. The zero-order valence-electron chi connectivity index (χ0n) is 7.85. The van der Waals surface area contributed by atoms with E-state index in [4.69, 9.17) is 20.0 Å². The van der Waals surface area contributed by atoms with Crippen LogP contribution < -0.4 is 0 Å². The highest BCUT2D eigenvalue weighted by atomic mass is 31.2. The maximum absolute atomic E-state index is 11.2. The van der Waals surface area contributed by atoms with Crippen molar-refractivity contribution in [3.63, 3.8) is 0 Å². The Morgan fingerprint density at radius 2 is 1.75 bits per heavy atom. The Bertz CT molecular complexity index is 432. The van der Waals surface area contributed by atoms with Gasteiger partial charge in [-0.2, -0.15) is 0 Å². The van der Waals surface area contributed by atoms with Crippen LogP contribution in [0.5, 0.6) is 0 Å². The summed E-state index contributed by atoms with van der Waals surface area (Å²) >= 11 is 0. The zero-order chi connectivity index (χ0) is 12.6. The Labute approximate surface area is 89.9 Å². The van der Waals surface area contributed by atoms with Crippen LogP contribution in [0.1, 0.15) is 0 Å². The van der Waals surface area contributed by atoms with Crippen LogP contribution in [0.3, 0.4) is 0 Å². The Hall–Kier alpha value is -1.43. The lowest BCUT2D eigenvalue weighted by Gasteiger charge is -2.32. The van der Waals surface area contributed by atoms with Gasteiger partial charge in [-0.3, -0.25) is 14.2 Å². The normalized spacial score (nSPS) is 29.0. The van der Waals surface area contributed by atoms with Gasteiger partial charge in [-0.1, -0.05) is 24.3 Å². The van der Waals surface area contributed by atoms with Crippen LogP contribution in [-0.4, -0.2) is 37.1 Å². The number of carboxylic acids is 2. The van der Waals surface area contributed by atoms with E-state index in [1.54, 1.807) is 0 Å². The maximum atomic E-state index is 11.2. The van der Waals surface area contributed by atoms with E-state index in [0.717, 1.165) is 18.2 Å². The van der Waals surface area contributed by atoms with Crippen molar-refractivity contribution in [3.05, 3.63) is 24.3 Å². The van der Waals surface area contributed by atoms with Crippen molar-refractivity contribution in [2.45, 2.75) is 5.16 Å². The number of hydrogen-bond acceptors (Lipinski definition) is 3. The average molecular weight is 248 g/mol. The first-order valence-electron chi connectivity index (χ1n) is 4.11. The minimum absolute atomic E-state index is 0.717. The summed E-state index contributed by atoms with van der Waals surface area (Å²) in [6.07, 6.45) is 3.99. The van der Waals surface area contributed by atoms with Crippen molar-refractivity contribution in [1.29, 1.82) is 0 Å². The van der Waals surface area contributed by atoms with Crippen molar-refractivity contribution in [1.82, 2.24) is 0 Å². The van der Waals surface area contributed by atoms with Crippen molar-refractivity contribution < 1.29 is 34.2 Å². The fourth-order valence-corrected chi connectivity index (χ4v) is 2.59. The summed E-state index contributed by atoms with van der Waals surface area (Å²) in [4.78, 5) is 40.0. The first-order chi connectivity index (χ1) is 7.23. The van der Waals surface area contributed by atoms with Crippen LogP contribution in [0.2, 0.25) is 0 Å². The van der Waals surface area contributed by atoms with Gasteiger partial charge in [-0.15, -0.1) is 0 Å². The molecular formula is C8H9O7P. The molecule has 0 amide bonds. The van der Waals surface area contributed by atoms with Crippen molar-refractivity contribution in [3.8, 4) is 0 Å². The third kappa shape index (κ3) is 1.69. The van der Waals surface area contributed by atoms with Gasteiger partial charge in [0, 0.05) is 0 Å². The molecule has 2 unspecified atom stereocenters. The molecule has 0 saturated carbocycles. The zero-order valence-corrected chi connectivity index (χ0v) is 8.74. The monoisotopic (exact) mass is 248 g/mol. The van der Waals surface area contributed by atoms with E-state index in [9.17, 15) is 14.2 Å². The molecule has 1 rings (SSSR count). The predicted octanol–water partition coefficient (Wildman–Crippen LogP) is -0.186. The Balaban J connectivity index is 3.45. The second-order valence-corrected chi connectivity index (χ2v) is 5.06. The molecule has 0 radical (unpaired) electrons. The van der Waals surface area contributed by atoms with Gasteiger partial charge < -0.3 is 20.0 Å². The van der Waals surface area contributed by atoms with Gasteiger partial charge in [0.15, 0.2) is 0 Å². The topological polar surface area (TPSA) is 132 Å². The quantitative estimate of drug-likeness (QED) is 0.509. The SMILES string of the molecule is O=C(O)C1C=CC=CC1(C(=O)O)P(=O)(O)O. The predicted molar refractivity (Wildman–Crippen MR) is 51.8 cm³/mol. The fraction of sp³-hybridized carbons (Fsp3) is 0.250. The van der Waals surface area contributed by atoms with Gasteiger partial charge in [-0.25, -0.2) is 0 Å². The third-order valence-electron chi connectivity index (χ3n) is 2.33. The highest BCUT2D eigenvalue weighted by Gasteiger charge is 2.60. The summed E-state index contributed by atoms with van der Waals surface area (Å²) in [5, 5.41) is 15.0. The number of aliphatic carboxylic acids is 2. The molecule has 1 aliphatic rings. The highest BCUT2D eigenvalue weighted by molar-refractivity contribution is 7.55. The van der Waals surface area contributed by atoms with Crippen LogP contribution >= 0.6 is 7.60 Å². The minimum Gasteiger partial charge on any atom is -0.481 e. The van der Waals surface area contributed by atoms with Gasteiger partial charge in [-0.05, 0) is 0 Å². The van der Waals surface area contributed by atoms with Crippen LogP contribution in [-0.2, 0) is 14.2 Å². The van der Waals surface area contributed by atoms with E-state index >= 15 is 0 Å². The number of carbonyl (C=O) groups is 2. The smallest absolute Gasteiger partial charge is 0.347 e. The first-order valence-corrected chi connectivity index (χ1v) is 5.72. The summed E-state index contributed by atoms with van der Waals surface area (Å²) in [5.41, 5.74) is 0. The molecule has 7 nitrogen and oxygen atoms in total. The van der Waals surface area contributed by atoms with Gasteiger partial charge >= 0.3 is 19.5 Å². The largest absolute Gasteiger partial charge is 0.481 e. The van der Waals surface area contributed by atoms with Gasteiger partial charge in [0.05, 0.1) is 0 Å². The summed E-state index contributed by atoms with van der Waals surface area (Å²) in [5.74, 6) is -5.27. The molecule has 0 spiro atoms. The first kappa shape index (κ1) is 12.6. The molecule has 0 aromatic carbocycles. The second-order valence-electron chi connectivity index (χ2n) is 3.23. The summed E-state index contributed by atoms with van der Waals surface area (Å²) in [7, 11) is -5.16. The summed E-state index contributed by atoms with van der Waals surface area (Å²) < 4.78 is 11.2. The maximum Gasteiger partial charge on any atom is 0.347 e. The third-order valence-corrected chi connectivity index (χ3v) is 3.91. The Morgan fingerprint density at radius 1 is 1.19 bits per heavy atom. The van der Waals surface area contributed by atoms with Gasteiger partial charge in [0.25, 0.3) is 0 Å². The molecule has 0 heterocycles. The van der Waals surface area contributed by atoms with Crippen molar-refractivity contribution in [2.75, 3.05) is 0 Å². The van der Waals surface area contributed by atoms with Crippen LogP contribution in [0, 0.1) is 5.92 Å². The molecule has 8 heteroatoms. The molecule has 0 aromatic rings. The number of hydrogen-bond donors (Lipinski definition) is 4. The van der Waals surface area contributed by atoms with E-state index in [-0.39, 0.29) is 0 Å². The molecule has 0 bridgehead atoms. The molecule has 0 fully saturated rings. The molecule has 4 N–H and O–H groups in total. The molecule has 16 heavy (non-hydrogen) atoms. The van der Waals surface area contributed by atoms with Crippen LogP contribution in [0.15, 0.2) is 24.3 Å². The Morgan fingerprint density at radius 3 is 2.06 bits per heavy atom. The number of rotatable bonds is 3. The van der Waals surface area contributed by atoms with E-state index < -0.39 is 30.6 Å². The lowest BCUT2D eigenvalue weighted by molar-refractivity contribution is -0.149. The summed E-state index contributed by atoms with van der Waals surface area (Å²) in [6.45, 7) is 0. The van der Waals surface area contributed by atoms with Gasteiger partial charge in [0.2, 0.25) is 5.16 Å². The van der Waals surface area contributed by atoms with Crippen LogP contribution in [0.25, 0.3) is 0 Å². The second kappa shape index (κ2) is 3.86. The molecular weight excluding hydrogens is 239 g/mol. The van der Waals surface area contributed by atoms with Crippen molar-refractivity contribution in [2.24, 2.45) is 5.92 Å². The molecule has 0 aliphatic heterocycles. The molecule has 1 aliphatic carbocycles. The van der Waals surface area contributed by atoms with E-state index in [1.165, 1.54) is 6.08 Å². The van der Waals surface area contributed by atoms with E-state index in [0.29, 0.717) is 0 Å². The lowest BCUT2D eigenvalue weighted by atomic mass is 9.87. The molecule has 0 saturated heterocycles. The van der Waals surface area contributed by atoms with Crippen LogP contribution in [0.4, 0.5) is 0 Å². The fourth-order valence-electron chi connectivity index (χ4n) is 1.51. The summed E-state index contributed by atoms with van der Waals surface area (Å²) in [6, 6.07) is 0. The number of allylic oxidation sites excluding steroid dienone is 2. The molecule has 88 valence electrons. The molecule has 0 aromatic heterocycles. The highest BCUT2D eigenvalue weighted by Crippen LogP contribution is 2.57.